The van der Waals surface area contributed by atoms with Gasteiger partial charge in [0.15, 0.2) is 5.76 Å². The Morgan fingerprint density at radius 3 is 2.23 bits per heavy atom. The van der Waals surface area contributed by atoms with Crippen LogP contribution in [0.5, 0.6) is 0 Å². The minimum absolute atomic E-state index is 0.553. The van der Waals surface area contributed by atoms with Gasteiger partial charge in [-0.3, -0.25) is 0 Å². The molecule has 2 aromatic carbocycles. The van der Waals surface area contributed by atoms with Crippen molar-refractivity contribution < 1.29 is 4.42 Å². The number of oxazole rings is 1. The van der Waals surface area contributed by atoms with Crippen LogP contribution in [0.15, 0.2) is 76.7 Å². The topological polar surface area (TPSA) is 38.9 Å². The SMILES string of the molecule is c1ccc(-c2cnc(-c3csc(-c4ccccc4)n3)o2)cc1. The molecular weight excluding hydrogens is 292 g/mol. The molecule has 106 valence electrons. The summed E-state index contributed by atoms with van der Waals surface area (Å²) in [5, 5.41) is 2.94. The number of aromatic nitrogens is 2. The monoisotopic (exact) mass is 304 g/mol. The van der Waals surface area contributed by atoms with Crippen LogP contribution < -0.4 is 0 Å². The summed E-state index contributed by atoms with van der Waals surface area (Å²) >= 11 is 1.59. The lowest BCUT2D eigenvalue weighted by Gasteiger charge is -1.94. The van der Waals surface area contributed by atoms with Crippen molar-refractivity contribution in [2.45, 2.75) is 0 Å². The third-order valence-corrected chi connectivity index (χ3v) is 4.20. The normalized spacial score (nSPS) is 10.7. The fourth-order valence-electron chi connectivity index (χ4n) is 2.21. The number of benzene rings is 2. The highest BCUT2D eigenvalue weighted by molar-refractivity contribution is 7.13. The van der Waals surface area contributed by atoms with Gasteiger partial charge in [0.25, 0.3) is 0 Å². The van der Waals surface area contributed by atoms with E-state index in [-0.39, 0.29) is 0 Å². The van der Waals surface area contributed by atoms with Crippen LogP contribution in [0.3, 0.4) is 0 Å². The lowest BCUT2D eigenvalue weighted by atomic mass is 10.2. The van der Waals surface area contributed by atoms with Gasteiger partial charge in [0.2, 0.25) is 5.89 Å². The van der Waals surface area contributed by atoms with E-state index in [1.54, 1.807) is 17.5 Å². The smallest absolute Gasteiger partial charge is 0.246 e. The Morgan fingerprint density at radius 2 is 1.50 bits per heavy atom. The van der Waals surface area contributed by atoms with Crippen molar-refractivity contribution in [3.05, 3.63) is 72.2 Å². The average Bonchev–Trinajstić information content (AvgIpc) is 3.26. The number of nitrogens with zero attached hydrogens (tertiary/aromatic N) is 2. The molecule has 0 atom stereocenters. The van der Waals surface area contributed by atoms with Crippen LogP contribution in [0.2, 0.25) is 0 Å². The Bertz CT molecular complexity index is 806. The standard InChI is InChI=1S/C18H12N2OS/c1-3-7-13(8-4-1)16-11-19-17(21-16)15-12-22-18(20-15)14-9-5-2-6-10-14/h1-12H. The molecule has 0 aliphatic rings. The van der Waals surface area contributed by atoms with Crippen LogP contribution >= 0.6 is 11.3 Å². The number of thiazole rings is 1. The highest BCUT2D eigenvalue weighted by Gasteiger charge is 2.12. The first-order valence-electron chi connectivity index (χ1n) is 6.93. The van der Waals surface area contributed by atoms with E-state index in [2.05, 4.69) is 9.97 Å². The van der Waals surface area contributed by atoms with Crippen molar-refractivity contribution in [2.75, 3.05) is 0 Å². The fourth-order valence-corrected chi connectivity index (χ4v) is 3.01. The third kappa shape index (κ3) is 2.44. The van der Waals surface area contributed by atoms with Crippen molar-refractivity contribution in [3.63, 3.8) is 0 Å². The summed E-state index contributed by atoms with van der Waals surface area (Å²) in [6.07, 6.45) is 1.74. The van der Waals surface area contributed by atoms with Crippen molar-refractivity contribution in [3.8, 4) is 33.5 Å². The zero-order chi connectivity index (χ0) is 14.8. The van der Waals surface area contributed by atoms with Gasteiger partial charge in [0.05, 0.1) is 6.20 Å². The maximum Gasteiger partial charge on any atom is 0.246 e. The molecule has 22 heavy (non-hydrogen) atoms. The molecule has 3 nitrogen and oxygen atoms in total. The second-order valence-electron chi connectivity index (χ2n) is 4.80. The molecule has 0 saturated carbocycles. The first-order chi connectivity index (χ1) is 10.9. The molecular formula is C18H12N2OS. The Morgan fingerprint density at radius 1 is 0.818 bits per heavy atom. The van der Waals surface area contributed by atoms with Gasteiger partial charge in [-0.1, -0.05) is 60.7 Å². The lowest BCUT2D eigenvalue weighted by molar-refractivity contribution is 0.587. The predicted octanol–water partition coefficient (Wildman–Crippen LogP) is 5.13. The predicted molar refractivity (Wildman–Crippen MR) is 88.5 cm³/mol. The summed E-state index contributed by atoms with van der Waals surface area (Å²) in [5.41, 5.74) is 2.89. The molecule has 0 aliphatic carbocycles. The first kappa shape index (κ1) is 13.0. The van der Waals surface area contributed by atoms with Gasteiger partial charge in [-0.25, -0.2) is 9.97 Å². The van der Waals surface area contributed by atoms with E-state index in [1.165, 1.54) is 0 Å². The Balaban J connectivity index is 1.66. The summed E-state index contributed by atoms with van der Waals surface area (Å²) < 4.78 is 5.84. The summed E-state index contributed by atoms with van der Waals surface area (Å²) in [6, 6.07) is 20.1. The summed E-state index contributed by atoms with van der Waals surface area (Å²) in [7, 11) is 0. The van der Waals surface area contributed by atoms with Gasteiger partial charge < -0.3 is 4.42 Å². The van der Waals surface area contributed by atoms with Crippen molar-refractivity contribution in [1.82, 2.24) is 9.97 Å². The maximum absolute atomic E-state index is 5.84. The molecule has 0 N–H and O–H groups in total. The van der Waals surface area contributed by atoms with Crippen molar-refractivity contribution >= 4 is 11.3 Å². The quantitative estimate of drug-likeness (QED) is 0.526. The van der Waals surface area contributed by atoms with E-state index in [4.69, 9.17) is 4.42 Å². The summed E-state index contributed by atoms with van der Waals surface area (Å²) in [5.74, 6) is 1.31. The van der Waals surface area contributed by atoms with E-state index in [0.29, 0.717) is 5.89 Å². The summed E-state index contributed by atoms with van der Waals surface area (Å²) in [6.45, 7) is 0. The van der Waals surface area contributed by atoms with Gasteiger partial charge in [0.1, 0.15) is 10.7 Å². The second-order valence-corrected chi connectivity index (χ2v) is 5.66. The molecule has 0 bridgehead atoms. The van der Waals surface area contributed by atoms with Gasteiger partial charge in [0, 0.05) is 16.5 Å². The zero-order valence-electron chi connectivity index (χ0n) is 11.6. The molecule has 4 aromatic rings. The number of rotatable bonds is 3. The first-order valence-corrected chi connectivity index (χ1v) is 7.81. The molecule has 0 amide bonds. The maximum atomic E-state index is 5.84. The van der Waals surface area contributed by atoms with Gasteiger partial charge in [-0.05, 0) is 0 Å². The Hall–Kier alpha value is -2.72. The average molecular weight is 304 g/mol. The van der Waals surface area contributed by atoms with Crippen LogP contribution in [0, 0.1) is 0 Å². The minimum atomic E-state index is 0.553. The molecule has 0 radical (unpaired) electrons. The minimum Gasteiger partial charge on any atom is -0.435 e. The highest BCUT2D eigenvalue weighted by atomic mass is 32.1. The van der Waals surface area contributed by atoms with E-state index in [0.717, 1.165) is 27.6 Å². The fraction of sp³-hybridized carbons (Fsp3) is 0. The summed E-state index contributed by atoms with van der Waals surface area (Å²) in [4.78, 5) is 8.97. The largest absolute Gasteiger partial charge is 0.435 e. The molecule has 2 aromatic heterocycles. The molecule has 0 fully saturated rings. The van der Waals surface area contributed by atoms with E-state index in [9.17, 15) is 0 Å². The van der Waals surface area contributed by atoms with Crippen molar-refractivity contribution in [2.24, 2.45) is 0 Å². The molecule has 2 heterocycles. The van der Waals surface area contributed by atoms with E-state index >= 15 is 0 Å². The molecule has 0 spiro atoms. The number of hydrogen-bond acceptors (Lipinski definition) is 4. The molecule has 4 rings (SSSR count). The third-order valence-electron chi connectivity index (χ3n) is 3.31. The van der Waals surface area contributed by atoms with Crippen LogP contribution in [0.1, 0.15) is 0 Å². The molecule has 0 saturated heterocycles. The van der Waals surface area contributed by atoms with Gasteiger partial charge >= 0.3 is 0 Å². The lowest BCUT2D eigenvalue weighted by Crippen LogP contribution is -1.78. The highest BCUT2D eigenvalue weighted by Crippen LogP contribution is 2.30. The Labute approximate surface area is 131 Å². The van der Waals surface area contributed by atoms with E-state index in [1.807, 2.05) is 66.0 Å². The molecule has 4 heteroatoms. The number of hydrogen-bond donors (Lipinski definition) is 0. The van der Waals surface area contributed by atoms with Crippen LogP contribution in [0.4, 0.5) is 0 Å². The molecule has 0 unspecified atom stereocenters. The van der Waals surface area contributed by atoms with Crippen LogP contribution in [-0.4, -0.2) is 9.97 Å². The van der Waals surface area contributed by atoms with E-state index < -0.39 is 0 Å². The van der Waals surface area contributed by atoms with Crippen molar-refractivity contribution in [1.29, 1.82) is 0 Å². The molecule has 0 aliphatic heterocycles. The zero-order valence-corrected chi connectivity index (χ0v) is 12.5. The Kier molecular flexibility index (Phi) is 3.29. The second kappa shape index (κ2) is 5.58. The van der Waals surface area contributed by atoms with Crippen LogP contribution in [0.25, 0.3) is 33.5 Å². The van der Waals surface area contributed by atoms with Gasteiger partial charge in [-0.15, -0.1) is 11.3 Å². The van der Waals surface area contributed by atoms with Crippen LogP contribution in [-0.2, 0) is 0 Å². The van der Waals surface area contributed by atoms with Gasteiger partial charge in [-0.2, -0.15) is 0 Å².